The Morgan fingerprint density at radius 3 is 1.71 bits per heavy atom. The Labute approximate surface area is 293 Å². The minimum atomic E-state index is 0.0312. The van der Waals surface area contributed by atoms with Crippen molar-refractivity contribution in [2.75, 3.05) is 0 Å². The number of halogens is 2. The molecule has 0 fully saturated rings. The number of aryl methyl sites for hydroxylation is 1. The first-order chi connectivity index (χ1) is 23.9. The number of nitrogen functional groups attached to an aromatic ring is 1. The summed E-state index contributed by atoms with van der Waals surface area (Å²) >= 11 is 11.3. The van der Waals surface area contributed by atoms with Gasteiger partial charge in [0.05, 0.1) is 34.1 Å². The highest BCUT2D eigenvalue weighted by atomic mass is 35.5. The molecular formula is C42H33Cl2N5. The molecule has 240 valence electrons. The van der Waals surface area contributed by atoms with Gasteiger partial charge in [-0.15, -0.1) is 0 Å². The van der Waals surface area contributed by atoms with E-state index >= 15 is 0 Å². The predicted octanol–water partition coefficient (Wildman–Crippen LogP) is 11.4. The highest BCUT2D eigenvalue weighted by molar-refractivity contribution is 6.31. The van der Waals surface area contributed by atoms with Crippen LogP contribution in [0, 0.1) is 12.3 Å². The molecule has 0 saturated carbocycles. The molecule has 0 unspecified atom stereocenters. The van der Waals surface area contributed by atoms with Gasteiger partial charge in [-0.25, -0.2) is 0 Å². The van der Waals surface area contributed by atoms with E-state index in [0.29, 0.717) is 6.54 Å². The molecule has 7 heteroatoms. The third kappa shape index (κ3) is 5.99. The van der Waals surface area contributed by atoms with Crippen LogP contribution in [0.25, 0.3) is 59.9 Å². The van der Waals surface area contributed by atoms with Crippen molar-refractivity contribution in [2.45, 2.75) is 13.5 Å². The Hall–Kier alpha value is -5.62. The lowest BCUT2D eigenvalue weighted by atomic mass is 10.1. The Morgan fingerprint density at radius 2 is 1.12 bits per heavy atom. The smallest absolute Gasteiger partial charge is 0.197 e. The molecule has 3 N–H and O–H groups in total. The van der Waals surface area contributed by atoms with Crippen LogP contribution in [0.3, 0.4) is 0 Å². The summed E-state index contributed by atoms with van der Waals surface area (Å²) in [7, 11) is 0. The minimum absolute atomic E-state index is 0.0312. The molecule has 49 heavy (non-hydrogen) atoms. The van der Waals surface area contributed by atoms with Gasteiger partial charge in [0.2, 0.25) is 0 Å². The van der Waals surface area contributed by atoms with Gasteiger partial charge < -0.3 is 10.1 Å². The highest BCUT2D eigenvalue weighted by Crippen LogP contribution is 2.39. The first-order valence-electron chi connectivity index (χ1n) is 15.9. The Morgan fingerprint density at radius 1 is 0.612 bits per heavy atom. The fourth-order valence-corrected chi connectivity index (χ4v) is 6.79. The number of nitrogens with two attached hydrogens (primary N) is 1. The van der Waals surface area contributed by atoms with Crippen LogP contribution in [0.1, 0.15) is 11.1 Å². The lowest BCUT2D eigenvalue weighted by molar-refractivity contribution is 1.08. The van der Waals surface area contributed by atoms with Gasteiger partial charge in [-0.05, 0) is 73.1 Å². The summed E-state index contributed by atoms with van der Waals surface area (Å²) in [4.78, 5) is 3.74. The van der Waals surface area contributed by atoms with Crippen molar-refractivity contribution < 1.29 is 0 Å². The van der Waals surface area contributed by atoms with E-state index in [1.54, 1.807) is 0 Å². The third-order valence-corrected chi connectivity index (χ3v) is 9.22. The molecule has 6 aromatic carbocycles. The number of fused-ring (bicyclic) bond motifs is 12. The van der Waals surface area contributed by atoms with Gasteiger partial charge >= 0.3 is 0 Å². The number of aliphatic imine (C=N–C) groups is 1. The quantitative estimate of drug-likeness (QED) is 0.107. The average Bonchev–Trinajstić information content (AvgIpc) is 3.68. The Balaban J connectivity index is 0.000000172. The zero-order valence-corrected chi connectivity index (χ0v) is 28.4. The van der Waals surface area contributed by atoms with E-state index in [2.05, 4.69) is 88.9 Å². The van der Waals surface area contributed by atoms with Crippen LogP contribution in [-0.4, -0.2) is 21.6 Å². The second-order valence-corrected chi connectivity index (χ2v) is 12.7. The normalized spacial score (nSPS) is 11.1. The molecule has 9 aromatic rings. The summed E-state index contributed by atoms with van der Waals surface area (Å²) in [6.07, 6.45) is 0. The van der Waals surface area contributed by atoms with Crippen LogP contribution in [0.5, 0.6) is 0 Å². The second-order valence-electron chi connectivity index (χ2n) is 11.9. The molecule has 0 aliphatic rings. The zero-order valence-electron chi connectivity index (χ0n) is 26.9. The van der Waals surface area contributed by atoms with Crippen LogP contribution in [0.2, 0.25) is 10.0 Å². The van der Waals surface area contributed by atoms with Gasteiger partial charge in [-0.3, -0.25) is 15.0 Å². The summed E-state index contributed by atoms with van der Waals surface area (Å²) in [5.41, 5.74) is 13.9. The highest BCUT2D eigenvalue weighted by Gasteiger charge is 2.19. The average molecular weight is 679 g/mol. The third-order valence-electron chi connectivity index (χ3n) is 8.71. The summed E-state index contributed by atoms with van der Waals surface area (Å²) in [5.74, 6) is 0.0312. The number of rotatable bonds is 2. The van der Waals surface area contributed by atoms with Crippen LogP contribution >= 0.6 is 23.2 Å². The molecule has 0 aliphatic carbocycles. The van der Waals surface area contributed by atoms with Crippen molar-refractivity contribution >= 4 is 95.8 Å². The molecule has 0 amide bonds. The van der Waals surface area contributed by atoms with Crippen LogP contribution < -0.4 is 5.73 Å². The van der Waals surface area contributed by atoms with Crippen LogP contribution in [0.15, 0.2) is 145 Å². The number of hydrogen-bond donors (Lipinski definition) is 2. The first-order valence-corrected chi connectivity index (χ1v) is 16.6. The first kappa shape index (κ1) is 32.0. The molecule has 0 bridgehead atoms. The molecule has 0 atom stereocenters. The molecule has 0 spiro atoms. The summed E-state index contributed by atoms with van der Waals surface area (Å²) in [5, 5.41) is 16.9. The molecule has 3 heterocycles. The Bertz CT molecular complexity index is 2630. The van der Waals surface area contributed by atoms with Crippen molar-refractivity contribution in [1.29, 1.82) is 5.41 Å². The van der Waals surface area contributed by atoms with Gasteiger partial charge in [-0.1, -0.05) is 120 Å². The zero-order chi connectivity index (χ0) is 34.1. The summed E-state index contributed by atoms with van der Waals surface area (Å²) in [6, 6.07) is 47.2. The summed E-state index contributed by atoms with van der Waals surface area (Å²) in [6.45, 7) is 6.10. The van der Waals surface area contributed by atoms with Crippen molar-refractivity contribution in [3.63, 3.8) is 0 Å². The van der Waals surface area contributed by atoms with Crippen LogP contribution in [-0.2, 0) is 6.54 Å². The topological polar surface area (TPSA) is 71.6 Å². The fraction of sp³-hybridized carbons (Fsp3) is 0.0476. The van der Waals surface area contributed by atoms with Gasteiger partial charge in [0.1, 0.15) is 0 Å². The van der Waals surface area contributed by atoms with Crippen molar-refractivity contribution in [2.24, 2.45) is 10.7 Å². The van der Waals surface area contributed by atoms with E-state index in [-0.39, 0.29) is 5.96 Å². The number of para-hydroxylation sites is 2. The maximum Gasteiger partial charge on any atom is 0.197 e. The van der Waals surface area contributed by atoms with Crippen LogP contribution in [0.4, 0.5) is 0 Å². The van der Waals surface area contributed by atoms with Crippen molar-refractivity contribution in [3.05, 3.63) is 161 Å². The fourth-order valence-electron chi connectivity index (χ4n) is 6.54. The van der Waals surface area contributed by atoms with E-state index in [1.807, 2.05) is 78.2 Å². The second kappa shape index (κ2) is 13.5. The standard InChI is InChI=1S/C27H18N4.C8H8ClN.C7H7Cl/c28-27(29)31-23-12-6-4-10-19(23)20-13-14-24-21(26(20)31)15-25-18-9-2-1-7-16(18)17-8-3-5-11-22(17)30(24)25;1-10-6-7-2-4-8(9)5-3-7;1-6-2-4-7(8)5-3-6/h1-15H,(H3,28,29);2-5H,1,6H2;2-5H,1H3. The molecule has 3 aromatic heterocycles. The maximum atomic E-state index is 8.32. The molecule has 0 aliphatic heterocycles. The van der Waals surface area contributed by atoms with E-state index in [9.17, 15) is 0 Å². The minimum Gasteiger partial charge on any atom is -0.369 e. The number of aromatic nitrogens is 2. The maximum absolute atomic E-state index is 8.32. The number of pyridine rings is 1. The van der Waals surface area contributed by atoms with E-state index in [4.69, 9.17) is 34.3 Å². The van der Waals surface area contributed by atoms with E-state index in [0.717, 1.165) is 53.8 Å². The van der Waals surface area contributed by atoms with Crippen molar-refractivity contribution in [1.82, 2.24) is 8.97 Å². The van der Waals surface area contributed by atoms with E-state index in [1.165, 1.54) is 27.2 Å². The molecule has 5 nitrogen and oxygen atoms in total. The molecule has 0 saturated heterocycles. The number of hydrogen-bond acceptors (Lipinski definition) is 2. The van der Waals surface area contributed by atoms with Gasteiger partial charge in [0.25, 0.3) is 0 Å². The number of benzene rings is 6. The lowest BCUT2D eigenvalue weighted by Gasteiger charge is -2.10. The summed E-state index contributed by atoms with van der Waals surface area (Å²) < 4.78 is 4.21. The number of nitrogens with one attached hydrogen (secondary N) is 1. The van der Waals surface area contributed by atoms with Crippen molar-refractivity contribution in [3.8, 4) is 0 Å². The van der Waals surface area contributed by atoms with Gasteiger partial charge in [0, 0.05) is 37.0 Å². The van der Waals surface area contributed by atoms with Gasteiger partial charge in [-0.2, -0.15) is 0 Å². The predicted molar refractivity (Wildman–Crippen MR) is 211 cm³/mol. The molecule has 9 rings (SSSR count). The largest absolute Gasteiger partial charge is 0.369 e. The molecular weight excluding hydrogens is 645 g/mol. The Kier molecular flexibility index (Phi) is 8.79. The monoisotopic (exact) mass is 677 g/mol. The van der Waals surface area contributed by atoms with Gasteiger partial charge in [0.15, 0.2) is 5.96 Å². The number of nitrogens with zero attached hydrogens (tertiary/aromatic N) is 3. The van der Waals surface area contributed by atoms with E-state index < -0.39 is 0 Å². The SMILES string of the molecule is C=NCc1ccc(Cl)cc1.Cc1ccc(Cl)cc1.N=C(N)n1c2ccccc2c2ccc3c(cc4c5ccccc5c5ccccc5n43)c21. The molecule has 0 radical (unpaired) electrons. The lowest BCUT2D eigenvalue weighted by Crippen LogP contribution is -2.20.